The van der Waals surface area contributed by atoms with Gasteiger partial charge in [0.2, 0.25) is 0 Å². The molecule has 1 heterocycles. The van der Waals surface area contributed by atoms with E-state index in [0.29, 0.717) is 12.8 Å². The molecule has 2 aromatic rings. The minimum absolute atomic E-state index is 0.136. The first kappa shape index (κ1) is 14.9. The van der Waals surface area contributed by atoms with Crippen molar-refractivity contribution in [2.24, 2.45) is 0 Å². The van der Waals surface area contributed by atoms with Crippen molar-refractivity contribution in [3.8, 4) is 0 Å². The summed E-state index contributed by atoms with van der Waals surface area (Å²) in [6, 6.07) is 6.85. The summed E-state index contributed by atoms with van der Waals surface area (Å²) < 4.78 is 38.0. The number of rotatable bonds is 4. The van der Waals surface area contributed by atoms with Crippen LogP contribution >= 0.6 is 11.3 Å². The van der Waals surface area contributed by atoms with E-state index in [-0.39, 0.29) is 11.3 Å². The number of anilines is 1. The average molecular weight is 301 g/mol. The Kier molecular flexibility index (Phi) is 4.35. The molecular formula is C14H14F3NOS. The molecule has 1 aromatic carbocycles. The monoisotopic (exact) mass is 301 g/mol. The summed E-state index contributed by atoms with van der Waals surface area (Å²) in [6.07, 6.45) is -4.49. The fourth-order valence-electron chi connectivity index (χ4n) is 1.93. The Morgan fingerprint density at radius 1 is 1.25 bits per heavy atom. The second kappa shape index (κ2) is 5.85. The first-order chi connectivity index (χ1) is 9.38. The largest absolute Gasteiger partial charge is 0.416 e. The number of aryl methyl sites for hydroxylation is 1. The molecule has 3 N–H and O–H groups in total. The molecule has 0 amide bonds. The first-order valence-corrected chi connectivity index (χ1v) is 6.93. The van der Waals surface area contributed by atoms with Crippen molar-refractivity contribution in [1.82, 2.24) is 0 Å². The predicted molar refractivity (Wildman–Crippen MR) is 73.5 cm³/mol. The fraction of sp³-hybridized carbons (Fsp3) is 0.286. The molecule has 0 saturated carbocycles. The Morgan fingerprint density at radius 2 is 2.00 bits per heavy atom. The van der Waals surface area contributed by atoms with E-state index in [1.165, 1.54) is 6.07 Å². The normalized spacial score (nSPS) is 13.4. The van der Waals surface area contributed by atoms with Crippen LogP contribution in [0.3, 0.4) is 0 Å². The number of benzene rings is 1. The van der Waals surface area contributed by atoms with Crippen molar-refractivity contribution in [1.29, 1.82) is 0 Å². The van der Waals surface area contributed by atoms with Gasteiger partial charge in [0, 0.05) is 16.1 Å². The Labute approximate surface area is 118 Å². The summed E-state index contributed by atoms with van der Waals surface area (Å²) >= 11 is 1.55. The zero-order chi connectivity index (χ0) is 14.8. The SMILES string of the molecule is Nc1ccc(C(F)(F)F)cc1C(O)CCc1cccs1. The zero-order valence-electron chi connectivity index (χ0n) is 10.5. The molecule has 0 aliphatic carbocycles. The summed E-state index contributed by atoms with van der Waals surface area (Å²) in [6.45, 7) is 0. The van der Waals surface area contributed by atoms with Crippen LogP contribution in [0.25, 0.3) is 0 Å². The zero-order valence-corrected chi connectivity index (χ0v) is 11.3. The fourth-order valence-corrected chi connectivity index (χ4v) is 2.65. The smallest absolute Gasteiger partial charge is 0.398 e. The standard InChI is InChI=1S/C14H14F3NOS/c15-14(16,17)9-3-5-12(18)11(8-9)13(19)6-4-10-2-1-7-20-10/h1-3,5,7-8,13,19H,4,6,18H2. The maximum Gasteiger partial charge on any atom is 0.416 e. The highest BCUT2D eigenvalue weighted by molar-refractivity contribution is 7.09. The molecule has 0 fully saturated rings. The summed E-state index contributed by atoms with van der Waals surface area (Å²) in [5.74, 6) is 0. The lowest BCUT2D eigenvalue weighted by molar-refractivity contribution is -0.137. The van der Waals surface area contributed by atoms with Crippen LogP contribution in [0.1, 0.15) is 28.5 Å². The first-order valence-electron chi connectivity index (χ1n) is 6.05. The Balaban J connectivity index is 2.14. The molecule has 6 heteroatoms. The van der Waals surface area contributed by atoms with E-state index >= 15 is 0 Å². The van der Waals surface area contributed by atoms with Crippen LogP contribution in [0, 0.1) is 0 Å². The lowest BCUT2D eigenvalue weighted by atomic mass is 10.00. The number of hydrogen-bond donors (Lipinski definition) is 2. The molecule has 2 nitrogen and oxygen atoms in total. The van der Waals surface area contributed by atoms with Crippen molar-refractivity contribution < 1.29 is 18.3 Å². The minimum Gasteiger partial charge on any atom is -0.398 e. The molecule has 20 heavy (non-hydrogen) atoms. The highest BCUT2D eigenvalue weighted by atomic mass is 32.1. The van der Waals surface area contributed by atoms with Crippen LogP contribution in [-0.4, -0.2) is 5.11 Å². The summed E-state index contributed by atoms with van der Waals surface area (Å²) in [5.41, 5.74) is 5.18. The second-order valence-corrected chi connectivity index (χ2v) is 5.51. The third-order valence-corrected chi connectivity index (χ3v) is 3.95. The van der Waals surface area contributed by atoms with E-state index in [0.717, 1.165) is 17.0 Å². The lowest BCUT2D eigenvalue weighted by Crippen LogP contribution is -2.09. The summed E-state index contributed by atoms with van der Waals surface area (Å²) in [7, 11) is 0. The van der Waals surface area contributed by atoms with Crippen LogP contribution in [0.2, 0.25) is 0 Å². The lowest BCUT2D eigenvalue weighted by Gasteiger charge is -2.15. The van der Waals surface area contributed by atoms with Gasteiger partial charge in [-0.05, 0) is 42.5 Å². The molecule has 108 valence electrons. The van der Waals surface area contributed by atoms with Crippen LogP contribution in [0.15, 0.2) is 35.7 Å². The van der Waals surface area contributed by atoms with E-state index in [4.69, 9.17) is 5.73 Å². The van der Waals surface area contributed by atoms with Crippen LogP contribution in [0.5, 0.6) is 0 Å². The van der Waals surface area contributed by atoms with E-state index in [9.17, 15) is 18.3 Å². The van der Waals surface area contributed by atoms with Crippen molar-refractivity contribution in [2.45, 2.75) is 25.1 Å². The van der Waals surface area contributed by atoms with Crippen molar-refractivity contribution in [2.75, 3.05) is 5.73 Å². The number of alkyl halides is 3. The Hall–Kier alpha value is -1.53. The number of halogens is 3. The molecule has 0 radical (unpaired) electrons. The van der Waals surface area contributed by atoms with E-state index in [1.807, 2.05) is 17.5 Å². The quantitative estimate of drug-likeness (QED) is 0.838. The number of aliphatic hydroxyl groups is 1. The van der Waals surface area contributed by atoms with Gasteiger partial charge in [0.25, 0.3) is 0 Å². The molecular weight excluding hydrogens is 287 g/mol. The van der Waals surface area contributed by atoms with E-state index in [2.05, 4.69) is 0 Å². The average Bonchev–Trinajstić information content (AvgIpc) is 2.88. The summed E-state index contributed by atoms with van der Waals surface area (Å²) in [5, 5.41) is 12.0. The number of aliphatic hydroxyl groups excluding tert-OH is 1. The van der Waals surface area contributed by atoms with Crippen LogP contribution in [-0.2, 0) is 12.6 Å². The van der Waals surface area contributed by atoms with Gasteiger partial charge >= 0.3 is 6.18 Å². The molecule has 0 aliphatic heterocycles. The van der Waals surface area contributed by atoms with Gasteiger partial charge in [0.15, 0.2) is 0 Å². The van der Waals surface area contributed by atoms with E-state index in [1.54, 1.807) is 11.3 Å². The predicted octanol–water partition coefficient (Wildman–Crippen LogP) is 4.02. The number of hydrogen-bond acceptors (Lipinski definition) is 3. The second-order valence-electron chi connectivity index (χ2n) is 4.48. The van der Waals surface area contributed by atoms with Gasteiger partial charge in [-0.2, -0.15) is 13.2 Å². The number of nitrogen functional groups attached to an aromatic ring is 1. The van der Waals surface area contributed by atoms with Crippen molar-refractivity contribution in [3.05, 3.63) is 51.7 Å². The van der Waals surface area contributed by atoms with Gasteiger partial charge in [-0.3, -0.25) is 0 Å². The van der Waals surface area contributed by atoms with Gasteiger partial charge in [0.05, 0.1) is 11.7 Å². The molecule has 2 rings (SSSR count). The van der Waals surface area contributed by atoms with E-state index < -0.39 is 17.8 Å². The van der Waals surface area contributed by atoms with Crippen LogP contribution < -0.4 is 5.73 Å². The van der Waals surface area contributed by atoms with Crippen molar-refractivity contribution >= 4 is 17.0 Å². The van der Waals surface area contributed by atoms with Crippen molar-refractivity contribution in [3.63, 3.8) is 0 Å². The number of nitrogens with two attached hydrogens (primary N) is 1. The third kappa shape index (κ3) is 3.52. The minimum atomic E-state index is -4.43. The molecule has 0 saturated heterocycles. The van der Waals surface area contributed by atoms with Gasteiger partial charge in [-0.1, -0.05) is 6.07 Å². The highest BCUT2D eigenvalue weighted by Crippen LogP contribution is 2.34. The van der Waals surface area contributed by atoms with Gasteiger partial charge in [-0.15, -0.1) is 11.3 Å². The molecule has 0 spiro atoms. The van der Waals surface area contributed by atoms with Gasteiger partial charge in [0.1, 0.15) is 0 Å². The molecule has 1 unspecified atom stereocenters. The molecule has 0 bridgehead atoms. The van der Waals surface area contributed by atoms with Gasteiger partial charge in [-0.25, -0.2) is 0 Å². The topological polar surface area (TPSA) is 46.2 Å². The molecule has 0 aliphatic rings. The molecule has 1 aromatic heterocycles. The Morgan fingerprint density at radius 3 is 2.60 bits per heavy atom. The maximum absolute atomic E-state index is 12.7. The maximum atomic E-state index is 12.7. The van der Waals surface area contributed by atoms with Gasteiger partial charge < -0.3 is 10.8 Å². The number of thiophene rings is 1. The highest BCUT2D eigenvalue weighted by Gasteiger charge is 2.31. The summed E-state index contributed by atoms with van der Waals surface area (Å²) in [4.78, 5) is 1.08. The Bertz CT molecular complexity index is 566. The molecule has 1 atom stereocenters. The van der Waals surface area contributed by atoms with Crippen LogP contribution in [0.4, 0.5) is 18.9 Å². The third-order valence-electron chi connectivity index (χ3n) is 3.02.